The average Bonchev–Trinajstić information content (AvgIpc) is 2.35. The van der Waals surface area contributed by atoms with Crippen LogP contribution in [-0.4, -0.2) is 19.1 Å². The molecule has 0 bridgehead atoms. The number of hydrogen-bond acceptors (Lipinski definition) is 3. The third-order valence-electron chi connectivity index (χ3n) is 2.76. The number of rotatable bonds is 2. The number of aliphatic hydroxyl groups is 1. The molecule has 0 saturated heterocycles. The van der Waals surface area contributed by atoms with E-state index in [1.165, 1.54) is 5.41 Å². The van der Waals surface area contributed by atoms with E-state index in [1.807, 2.05) is 6.07 Å². The van der Waals surface area contributed by atoms with Gasteiger partial charge in [0.15, 0.2) is 0 Å². The summed E-state index contributed by atoms with van der Waals surface area (Å²) in [6.07, 6.45) is 0.330. The first-order valence-corrected chi connectivity index (χ1v) is 7.03. The molecule has 1 N–H and O–H groups in total. The molecule has 0 unspecified atom stereocenters. The Balaban J connectivity index is 2.62. The summed E-state index contributed by atoms with van der Waals surface area (Å²) in [5.41, 5.74) is 1.29. The van der Waals surface area contributed by atoms with E-state index in [2.05, 4.69) is 0 Å². The van der Waals surface area contributed by atoms with Gasteiger partial charge in [-0.2, -0.15) is 0 Å². The summed E-state index contributed by atoms with van der Waals surface area (Å²) in [5, 5.41) is 11.1. The van der Waals surface area contributed by atoms with Crippen LogP contribution in [0.25, 0.3) is 5.57 Å². The van der Waals surface area contributed by atoms with E-state index in [0.717, 1.165) is 11.1 Å². The molecule has 1 aromatic rings. The van der Waals surface area contributed by atoms with Crippen LogP contribution < -0.4 is 0 Å². The highest BCUT2D eigenvalue weighted by Crippen LogP contribution is 2.36. The molecule has 17 heavy (non-hydrogen) atoms. The zero-order chi connectivity index (χ0) is 12.8. The Hall–Kier alpha value is -1.13. The average molecular weight is 252 g/mol. The van der Waals surface area contributed by atoms with Crippen LogP contribution in [-0.2, 0) is 16.3 Å². The van der Waals surface area contributed by atoms with E-state index in [-0.39, 0.29) is 0 Å². The minimum Gasteiger partial charge on any atom is -0.390 e. The van der Waals surface area contributed by atoms with Crippen molar-refractivity contribution in [2.75, 3.05) is 0 Å². The summed E-state index contributed by atoms with van der Waals surface area (Å²) in [4.78, 5) is 0.361. The fourth-order valence-corrected chi connectivity index (χ4v) is 3.94. The number of fused-ring (bicyclic) bond motifs is 1. The molecule has 0 aromatic heterocycles. The van der Waals surface area contributed by atoms with Crippen LogP contribution in [0.1, 0.15) is 31.9 Å². The fraction of sp³-hybridized carbons (Fsp3) is 0.385. The predicted molar refractivity (Wildman–Crippen MR) is 67.3 cm³/mol. The molecule has 4 heteroatoms. The molecule has 0 saturated carbocycles. The molecule has 0 fully saturated rings. The highest BCUT2D eigenvalue weighted by molar-refractivity contribution is 7.95. The van der Waals surface area contributed by atoms with Crippen molar-refractivity contribution >= 4 is 15.4 Å². The van der Waals surface area contributed by atoms with Crippen molar-refractivity contribution in [1.82, 2.24) is 0 Å². The van der Waals surface area contributed by atoms with Gasteiger partial charge in [-0.1, -0.05) is 18.2 Å². The summed E-state index contributed by atoms with van der Waals surface area (Å²) >= 11 is 0. The first-order valence-electron chi connectivity index (χ1n) is 5.49. The maximum Gasteiger partial charge on any atom is 0.200 e. The summed E-state index contributed by atoms with van der Waals surface area (Å²) in [7, 11) is -3.33. The third-order valence-corrected chi connectivity index (χ3v) is 4.48. The van der Waals surface area contributed by atoms with E-state index >= 15 is 0 Å². The smallest absolute Gasteiger partial charge is 0.200 e. The Kier molecular flexibility index (Phi) is 2.67. The monoisotopic (exact) mass is 252 g/mol. The second kappa shape index (κ2) is 3.68. The summed E-state index contributed by atoms with van der Waals surface area (Å²) in [5.74, 6) is 0. The van der Waals surface area contributed by atoms with Gasteiger partial charge < -0.3 is 5.11 Å². The minimum absolute atomic E-state index is 0.330. The lowest BCUT2D eigenvalue weighted by Gasteiger charge is -2.19. The standard InChI is InChI=1S/C13H16O3S/c1-9-8-17(15,16)12-10(7-13(2,3)14)5-4-6-11(9)12/h4-6,8,14H,7H2,1-3H3. The van der Waals surface area contributed by atoms with Gasteiger partial charge >= 0.3 is 0 Å². The van der Waals surface area contributed by atoms with Crippen molar-refractivity contribution in [2.24, 2.45) is 0 Å². The van der Waals surface area contributed by atoms with Gasteiger partial charge in [0.25, 0.3) is 0 Å². The van der Waals surface area contributed by atoms with Crippen LogP contribution >= 0.6 is 0 Å². The second-order valence-electron chi connectivity index (χ2n) is 5.13. The molecule has 0 radical (unpaired) electrons. The number of benzene rings is 1. The zero-order valence-electron chi connectivity index (χ0n) is 10.2. The van der Waals surface area contributed by atoms with Gasteiger partial charge in [0.2, 0.25) is 9.84 Å². The molecule has 0 amide bonds. The lowest BCUT2D eigenvalue weighted by atomic mass is 9.96. The van der Waals surface area contributed by atoms with Crippen molar-refractivity contribution in [2.45, 2.75) is 37.7 Å². The fourth-order valence-electron chi connectivity index (χ4n) is 2.19. The molecule has 1 aliphatic rings. The summed E-state index contributed by atoms with van der Waals surface area (Å²) in [6, 6.07) is 5.40. The largest absolute Gasteiger partial charge is 0.390 e. The molecule has 92 valence electrons. The molecular weight excluding hydrogens is 236 g/mol. The minimum atomic E-state index is -3.33. The SMILES string of the molecule is CC1=CS(=O)(=O)c2c(CC(C)(C)O)cccc21. The highest BCUT2D eigenvalue weighted by atomic mass is 32.2. The molecule has 2 rings (SSSR count). The van der Waals surface area contributed by atoms with Crippen LogP contribution in [0.5, 0.6) is 0 Å². The predicted octanol–water partition coefficient (Wildman–Crippen LogP) is 2.15. The first kappa shape index (κ1) is 12.3. The van der Waals surface area contributed by atoms with E-state index in [4.69, 9.17) is 0 Å². The van der Waals surface area contributed by atoms with Crippen molar-refractivity contribution in [3.63, 3.8) is 0 Å². The van der Waals surface area contributed by atoms with Crippen molar-refractivity contribution in [1.29, 1.82) is 0 Å². The van der Waals surface area contributed by atoms with Gasteiger partial charge in [-0.15, -0.1) is 0 Å². The Labute approximate surface area is 102 Å². The molecule has 1 heterocycles. The van der Waals surface area contributed by atoms with E-state index < -0.39 is 15.4 Å². The van der Waals surface area contributed by atoms with E-state index in [1.54, 1.807) is 32.9 Å². The normalized spacial score (nSPS) is 17.8. The Morgan fingerprint density at radius 3 is 2.53 bits per heavy atom. The number of sulfone groups is 1. The van der Waals surface area contributed by atoms with Gasteiger partial charge in [0.05, 0.1) is 10.5 Å². The molecular formula is C13H16O3S. The van der Waals surface area contributed by atoms with Crippen LogP contribution in [0.4, 0.5) is 0 Å². The van der Waals surface area contributed by atoms with E-state index in [0.29, 0.717) is 16.9 Å². The van der Waals surface area contributed by atoms with Gasteiger partial charge in [-0.3, -0.25) is 0 Å². The molecule has 1 aliphatic heterocycles. The van der Waals surface area contributed by atoms with Gasteiger partial charge in [-0.05, 0) is 37.5 Å². The van der Waals surface area contributed by atoms with Crippen molar-refractivity contribution in [3.8, 4) is 0 Å². The van der Waals surface area contributed by atoms with Gasteiger partial charge in [0, 0.05) is 11.8 Å². The number of allylic oxidation sites excluding steroid dienone is 1. The van der Waals surface area contributed by atoms with Crippen LogP contribution in [0.3, 0.4) is 0 Å². The zero-order valence-corrected chi connectivity index (χ0v) is 11.0. The quantitative estimate of drug-likeness (QED) is 0.877. The molecule has 0 aliphatic carbocycles. The van der Waals surface area contributed by atoms with Crippen molar-refractivity contribution in [3.05, 3.63) is 34.7 Å². The summed E-state index contributed by atoms with van der Waals surface area (Å²) in [6.45, 7) is 5.14. The Morgan fingerprint density at radius 1 is 1.29 bits per heavy atom. The Morgan fingerprint density at radius 2 is 1.94 bits per heavy atom. The maximum absolute atomic E-state index is 12.0. The maximum atomic E-state index is 12.0. The molecule has 0 spiro atoms. The van der Waals surface area contributed by atoms with Crippen LogP contribution in [0.2, 0.25) is 0 Å². The van der Waals surface area contributed by atoms with Crippen LogP contribution in [0, 0.1) is 0 Å². The topological polar surface area (TPSA) is 54.4 Å². The van der Waals surface area contributed by atoms with Crippen molar-refractivity contribution < 1.29 is 13.5 Å². The van der Waals surface area contributed by atoms with Gasteiger partial charge in [-0.25, -0.2) is 8.42 Å². The summed E-state index contributed by atoms with van der Waals surface area (Å²) < 4.78 is 24.0. The number of hydrogen-bond donors (Lipinski definition) is 1. The highest BCUT2D eigenvalue weighted by Gasteiger charge is 2.29. The van der Waals surface area contributed by atoms with Crippen LogP contribution in [0.15, 0.2) is 28.5 Å². The van der Waals surface area contributed by atoms with E-state index in [9.17, 15) is 13.5 Å². The third kappa shape index (κ3) is 2.28. The van der Waals surface area contributed by atoms with Gasteiger partial charge in [0.1, 0.15) is 0 Å². The lowest BCUT2D eigenvalue weighted by molar-refractivity contribution is 0.0803. The molecule has 1 aromatic carbocycles. The first-order chi connectivity index (χ1) is 7.71. The lowest BCUT2D eigenvalue weighted by Crippen LogP contribution is -2.23. The molecule has 3 nitrogen and oxygen atoms in total. The second-order valence-corrected chi connectivity index (χ2v) is 6.86. The molecule has 0 atom stereocenters. The Bertz CT molecular complexity index is 590.